The number of hydrogen-bond acceptors (Lipinski definition) is 22. The summed E-state index contributed by atoms with van der Waals surface area (Å²) in [5, 5.41) is 21.4. The monoisotopic (exact) mass is 1640 g/mol. The zero-order valence-corrected chi connectivity index (χ0v) is 69.0. The van der Waals surface area contributed by atoms with E-state index in [-0.39, 0.29) is 102 Å². The lowest BCUT2D eigenvalue weighted by atomic mass is 9.90. The maximum atomic E-state index is 14.4. The van der Waals surface area contributed by atoms with Gasteiger partial charge in [0.05, 0.1) is 25.8 Å². The average molecular weight is 1640 g/mol. The van der Waals surface area contributed by atoms with Crippen molar-refractivity contribution in [2.24, 2.45) is 35.1 Å². The number of hydrogen-bond donors (Lipinski definition) is 12. The van der Waals surface area contributed by atoms with Crippen LogP contribution in [0.15, 0.2) is 71.8 Å². The van der Waals surface area contributed by atoms with Crippen LogP contribution in [0.5, 0.6) is 0 Å². The molecule has 0 radical (unpaired) electrons. The van der Waals surface area contributed by atoms with Crippen LogP contribution >= 0.6 is 27.2 Å². The minimum Gasteiger partial charge on any atom is -0.456 e. The van der Waals surface area contributed by atoms with Gasteiger partial charge in [-0.05, 0) is 151 Å². The summed E-state index contributed by atoms with van der Waals surface area (Å²) < 4.78 is 62.7. The molecule has 628 valence electrons. The van der Waals surface area contributed by atoms with Crippen LogP contribution in [0.4, 0.5) is 20.1 Å². The summed E-state index contributed by atoms with van der Waals surface area (Å²) in [7, 11) is -7.52. The summed E-state index contributed by atoms with van der Waals surface area (Å²) in [5.41, 5.74) is 13.2. The number of amides is 11. The number of primary amides is 1. The highest BCUT2D eigenvalue weighted by Crippen LogP contribution is 2.60. The molecule has 0 saturated heterocycles. The van der Waals surface area contributed by atoms with Crippen molar-refractivity contribution < 1.29 is 109 Å². The van der Waals surface area contributed by atoms with E-state index in [1.165, 1.54) is 40.9 Å². The predicted molar refractivity (Wildman–Crippen MR) is 416 cm³/mol. The van der Waals surface area contributed by atoms with Crippen LogP contribution in [0.25, 0.3) is 0 Å². The molecular formula is C74H117ClN12O23P2. The highest BCUT2D eigenvalue weighted by Gasteiger charge is 2.39. The topological polar surface area (TPSA) is 499 Å². The summed E-state index contributed by atoms with van der Waals surface area (Å²) in [6, 6.07) is 5.35. The molecule has 3 rings (SSSR count). The first-order valence-corrected chi connectivity index (χ1v) is 40.8. The van der Waals surface area contributed by atoms with Gasteiger partial charge in [-0.1, -0.05) is 103 Å². The largest absolute Gasteiger partial charge is 0.481 e. The number of nitrogens with two attached hydrogens (primary N) is 2. The highest BCUT2D eigenvalue weighted by molar-refractivity contribution is 7.61. The summed E-state index contributed by atoms with van der Waals surface area (Å²) in [5.74, 6) is -8.32. The van der Waals surface area contributed by atoms with Gasteiger partial charge < -0.3 is 92.5 Å². The fourth-order valence-electron chi connectivity index (χ4n) is 11.1. The number of phosphoric acid groups is 2. The number of nitrogens with one attached hydrogen (secondary N) is 8. The normalized spacial score (nSPS) is 22.2. The van der Waals surface area contributed by atoms with Crippen molar-refractivity contribution in [2.75, 3.05) is 58.8 Å². The van der Waals surface area contributed by atoms with Crippen LogP contribution in [0, 0.1) is 23.7 Å². The Morgan fingerprint density at radius 3 is 1.88 bits per heavy atom. The smallest absolute Gasteiger partial charge is 0.456 e. The lowest BCUT2D eigenvalue weighted by molar-refractivity contribution is -0.155. The molecule has 0 aliphatic carbocycles. The van der Waals surface area contributed by atoms with Crippen LogP contribution in [0.3, 0.4) is 0 Å². The maximum absolute atomic E-state index is 14.4. The molecule has 13 atom stereocenters. The van der Waals surface area contributed by atoms with Crippen molar-refractivity contribution in [3.63, 3.8) is 0 Å². The van der Waals surface area contributed by atoms with Crippen molar-refractivity contribution in [1.82, 2.24) is 47.0 Å². The third-order valence-electron chi connectivity index (χ3n) is 18.2. The molecule has 1 aliphatic heterocycles. The van der Waals surface area contributed by atoms with E-state index < -0.39 is 167 Å². The summed E-state index contributed by atoms with van der Waals surface area (Å²) in [6.07, 6.45) is -0.0914. The number of likely N-dealkylation sites (N-methyl/N-ethyl adjacent to an activating group) is 2. The minimum atomic E-state index is -5.14. The van der Waals surface area contributed by atoms with Gasteiger partial charge in [0.25, 0.3) is 5.91 Å². The number of carbonyl (C=O) groups excluding carboxylic acids is 12. The summed E-state index contributed by atoms with van der Waals surface area (Å²) in [6.45, 7) is 18.6. The van der Waals surface area contributed by atoms with Crippen molar-refractivity contribution in [2.45, 2.75) is 221 Å². The van der Waals surface area contributed by atoms with Crippen molar-refractivity contribution in [3.8, 4) is 0 Å². The Hall–Kier alpha value is -8.53. The molecule has 0 fully saturated rings. The van der Waals surface area contributed by atoms with Gasteiger partial charge in [0.2, 0.25) is 35.4 Å². The fourth-order valence-corrected chi connectivity index (χ4v) is 13.3. The first kappa shape index (κ1) is 97.7. The SMILES string of the molecule is C/C=C(\C)[C@H]1OC(=O)[C@@H](C)NC(=O)[C@H](C(C)CC)NC(=O)CN(C)C(=O)[C@@H](Cc2ccc(Cl)cc2)N(C)C(=O)[C@H](C)NC(=O)[C@@H](CC(C)C)OC(=O)/C(C)=C/C[C@H](OC(=O)NCCCCCOP(=O)(O)OP(=O)(O)OCCCCCNC(=O)OCc2ccc(NC(=O)[C@@H](CCCNC(N)=O)NC(=O)[C@H](N)C(C)C)cc2)[C@@H]1C. The number of nitrogens with zero attached hydrogens (tertiary/aromatic N) is 2. The summed E-state index contributed by atoms with van der Waals surface area (Å²) >= 11 is 6.17. The number of unbranched alkanes of at least 4 members (excludes halogenated alkanes) is 4. The number of allylic oxidation sites excluding steroid dienone is 1. The number of halogens is 1. The van der Waals surface area contributed by atoms with E-state index in [0.29, 0.717) is 53.1 Å². The zero-order valence-electron chi connectivity index (χ0n) is 66.5. The molecule has 0 aromatic heterocycles. The highest BCUT2D eigenvalue weighted by atomic mass is 35.5. The molecule has 2 aromatic carbocycles. The van der Waals surface area contributed by atoms with E-state index in [0.717, 1.165) is 9.80 Å². The Morgan fingerprint density at radius 1 is 0.741 bits per heavy atom. The molecule has 1 aliphatic rings. The van der Waals surface area contributed by atoms with E-state index in [4.69, 9.17) is 51.1 Å². The molecule has 2 aromatic rings. The van der Waals surface area contributed by atoms with Gasteiger partial charge in [-0.3, -0.25) is 42.6 Å². The van der Waals surface area contributed by atoms with E-state index in [1.807, 2.05) is 0 Å². The Labute approximate surface area is 660 Å². The maximum Gasteiger partial charge on any atom is 0.481 e. The number of ether oxygens (including phenoxy) is 4. The van der Waals surface area contributed by atoms with Gasteiger partial charge in [0.1, 0.15) is 49.0 Å². The number of benzene rings is 2. The van der Waals surface area contributed by atoms with Gasteiger partial charge in [-0.25, -0.2) is 33.1 Å². The Balaban J connectivity index is 1.63. The van der Waals surface area contributed by atoms with Crippen LogP contribution in [-0.2, 0) is 97.6 Å². The number of esters is 2. The predicted octanol–water partition coefficient (Wildman–Crippen LogP) is 7.00. The quantitative estimate of drug-likeness (QED) is 0.0109. The number of carbonyl (C=O) groups is 12. The minimum absolute atomic E-state index is 0.0133. The van der Waals surface area contributed by atoms with Crippen molar-refractivity contribution in [1.29, 1.82) is 0 Å². The Kier molecular flexibility index (Phi) is 42.9. The molecule has 0 spiro atoms. The van der Waals surface area contributed by atoms with Gasteiger partial charge >= 0.3 is 45.8 Å². The fraction of sp³-hybridized carbons (Fsp3) is 0.622. The lowest BCUT2D eigenvalue weighted by Gasteiger charge is -2.33. The number of phosphoric ester groups is 2. The van der Waals surface area contributed by atoms with E-state index in [1.54, 1.807) is 117 Å². The molecule has 14 N–H and O–H groups in total. The first-order chi connectivity index (χ1) is 52.6. The molecule has 0 saturated carbocycles. The number of anilines is 1. The van der Waals surface area contributed by atoms with Gasteiger partial charge in [0.15, 0.2) is 6.10 Å². The average Bonchev–Trinajstić information content (AvgIpc) is 0.830. The Bertz CT molecular complexity index is 3630. The summed E-state index contributed by atoms with van der Waals surface area (Å²) in [4.78, 5) is 185. The van der Waals surface area contributed by atoms with Crippen LogP contribution < -0.4 is 54.0 Å². The molecule has 35 nitrogen and oxygen atoms in total. The number of alkyl carbamates (subject to hydrolysis) is 2. The third-order valence-corrected chi connectivity index (χ3v) is 21.2. The molecule has 0 bridgehead atoms. The molecule has 38 heteroatoms. The lowest BCUT2D eigenvalue weighted by Crippen LogP contribution is -2.57. The zero-order chi connectivity index (χ0) is 84.2. The molecule has 112 heavy (non-hydrogen) atoms. The van der Waals surface area contributed by atoms with Gasteiger partial charge in [0, 0.05) is 68.8 Å². The van der Waals surface area contributed by atoms with E-state index in [9.17, 15) is 76.5 Å². The van der Waals surface area contributed by atoms with Gasteiger partial charge in [-0.15, -0.1) is 0 Å². The van der Waals surface area contributed by atoms with Crippen molar-refractivity contribution in [3.05, 3.63) is 88.0 Å². The Morgan fingerprint density at radius 2 is 1.31 bits per heavy atom. The van der Waals surface area contributed by atoms with Crippen molar-refractivity contribution >= 4 is 104 Å². The number of cyclic esters (lactones) is 2. The first-order valence-electron chi connectivity index (χ1n) is 37.5. The van der Waals surface area contributed by atoms with E-state index in [2.05, 4.69) is 46.8 Å². The van der Waals surface area contributed by atoms with Gasteiger partial charge in [-0.2, -0.15) is 4.31 Å². The molecule has 11 amide bonds. The van der Waals surface area contributed by atoms with E-state index >= 15 is 0 Å². The second-order valence-electron chi connectivity index (χ2n) is 28.4. The third kappa shape index (κ3) is 36.1. The standard InChI is InChI=1S/C74H117ClN12O23P2/c1-15-46(7)62-67(92)82-51(12)71(96)109-63(47(8)16-2)49(10)58(34-25-48(9)70(95)107-59(40-44(3)4)65(90)81-50(11)68(93)87(14)57(41-52-26-30-54(75)31-27-52)69(94)86(13)42-60(88)85-62)108-74(99)80-36-20-18-22-39-106-112(102,103)110-111(100,101)105-38-21-17-19-35-79-73(98)104-43-53-28-32-55(33-29-53)83-64(89)56(24-23-37-78-72(77)97)84-66(91)61(76)45(5)6/h16,25-33,44-46,49-51,56-59,61-63H,15,17-24,34-43,76H2,1-14H3,(H,79,98)(H,80,99)(H,81,90)(H,82,92)(H,83,89)(H,84,91)(H,85,88)(H,100,101)(H,102,103)(H3,77,78,97)/b47-16+,48-25+/t46?,49-,50-,51+,56+,57+,58-,59+,61+,62-,63+/m0/s1. The van der Waals surface area contributed by atoms with Crippen LogP contribution in [-0.4, -0.2) is 199 Å². The molecular weight excluding hydrogens is 1520 g/mol. The number of rotatable bonds is 35. The van der Waals surface area contributed by atoms with Crippen LogP contribution in [0.1, 0.15) is 165 Å². The second-order valence-corrected chi connectivity index (χ2v) is 31.9. The van der Waals surface area contributed by atoms with Crippen LogP contribution in [0.2, 0.25) is 5.02 Å². The second kappa shape index (κ2) is 49.2. The number of urea groups is 1. The molecule has 1 heterocycles. The molecule has 3 unspecified atom stereocenters.